The minimum atomic E-state index is -0.967. The third kappa shape index (κ3) is 2.61. The van der Waals surface area contributed by atoms with Gasteiger partial charge in [0.2, 0.25) is 6.41 Å². The van der Waals surface area contributed by atoms with Crippen LogP contribution < -0.4 is 10.2 Å². The Labute approximate surface area is 105 Å². The number of nitrogens with zero attached hydrogens (tertiary/aromatic N) is 1. The summed E-state index contributed by atoms with van der Waals surface area (Å²) < 4.78 is 0. The highest BCUT2D eigenvalue weighted by atomic mass is 16.4. The van der Waals surface area contributed by atoms with Crippen LogP contribution in [0.15, 0.2) is 18.2 Å². The Morgan fingerprint density at radius 1 is 1.28 bits per heavy atom. The zero-order chi connectivity index (χ0) is 13.0. The number of nitrogens with one attached hydrogen (secondary N) is 1. The van der Waals surface area contributed by atoms with Gasteiger partial charge in [0.15, 0.2) is 0 Å². The molecule has 0 atom stereocenters. The predicted molar refractivity (Wildman–Crippen MR) is 69.2 cm³/mol. The van der Waals surface area contributed by atoms with E-state index in [2.05, 4.69) is 10.2 Å². The predicted octanol–water partition coefficient (Wildman–Crippen LogP) is 1.94. The lowest BCUT2D eigenvalue weighted by Crippen LogP contribution is -2.30. The van der Waals surface area contributed by atoms with E-state index in [0.29, 0.717) is 12.1 Å². The molecule has 18 heavy (non-hydrogen) atoms. The molecule has 0 aliphatic carbocycles. The molecule has 0 bridgehead atoms. The minimum Gasteiger partial charge on any atom is -0.478 e. The molecule has 0 radical (unpaired) electrons. The molecule has 1 aromatic rings. The van der Waals surface area contributed by atoms with Crippen molar-refractivity contribution in [2.24, 2.45) is 0 Å². The number of hydrogen-bond acceptors (Lipinski definition) is 3. The quantitative estimate of drug-likeness (QED) is 0.799. The van der Waals surface area contributed by atoms with E-state index in [9.17, 15) is 14.7 Å². The Morgan fingerprint density at radius 2 is 2.00 bits per heavy atom. The normalized spacial score (nSPS) is 15.2. The van der Waals surface area contributed by atoms with Gasteiger partial charge in [-0.1, -0.05) is 0 Å². The van der Waals surface area contributed by atoms with E-state index < -0.39 is 5.97 Å². The molecule has 5 nitrogen and oxygen atoms in total. The zero-order valence-corrected chi connectivity index (χ0v) is 10.1. The van der Waals surface area contributed by atoms with Gasteiger partial charge >= 0.3 is 5.97 Å². The summed E-state index contributed by atoms with van der Waals surface area (Å²) in [6.07, 6.45) is 3.92. The molecule has 0 spiro atoms. The number of piperidine rings is 1. The van der Waals surface area contributed by atoms with Crippen LogP contribution in [0.3, 0.4) is 0 Å². The van der Waals surface area contributed by atoms with Crippen LogP contribution in [0.1, 0.15) is 29.6 Å². The van der Waals surface area contributed by atoms with Gasteiger partial charge in [-0.05, 0) is 37.5 Å². The van der Waals surface area contributed by atoms with Gasteiger partial charge < -0.3 is 15.3 Å². The van der Waals surface area contributed by atoms with Gasteiger partial charge in [-0.25, -0.2) is 4.79 Å². The Hall–Kier alpha value is -2.04. The van der Waals surface area contributed by atoms with Gasteiger partial charge in [0.25, 0.3) is 0 Å². The molecular formula is C13H16N2O3. The molecule has 1 heterocycles. The number of hydrogen-bond donors (Lipinski definition) is 2. The number of rotatable bonds is 4. The highest BCUT2D eigenvalue weighted by Crippen LogP contribution is 2.27. The molecule has 1 saturated heterocycles. The number of amides is 1. The number of benzene rings is 1. The number of carboxylic acids is 1. The van der Waals surface area contributed by atoms with E-state index in [1.165, 1.54) is 12.5 Å². The van der Waals surface area contributed by atoms with Crippen molar-refractivity contribution < 1.29 is 14.7 Å². The summed E-state index contributed by atoms with van der Waals surface area (Å²) in [5.74, 6) is -0.967. The van der Waals surface area contributed by atoms with Crippen LogP contribution in [0.5, 0.6) is 0 Å². The third-order valence-corrected chi connectivity index (χ3v) is 3.15. The molecule has 1 aliphatic rings. The van der Waals surface area contributed by atoms with Gasteiger partial charge in [0.05, 0.1) is 11.3 Å². The largest absolute Gasteiger partial charge is 0.478 e. The lowest BCUT2D eigenvalue weighted by Gasteiger charge is -2.30. The fourth-order valence-corrected chi connectivity index (χ4v) is 2.28. The molecule has 0 aromatic heterocycles. The smallest absolute Gasteiger partial charge is 0.337 e. The first-order chi connectivity index (χ1) is 8.72. The van der Waals surface area contributed by atoms with E-state index in [4.69, 9.17) is 0 Å². The third-order valence-electron chi connectivity index (χ3n) is 3.15. The van der Waals surface area contributed by atoms with E-state index in [-0.39, 0.29) is 5.56 Å². The summed E-state index contributed by atoms with van der Waals surface area (Å²) in [4.78, 5) is 23.7. The molecular weight excluding hydrogens is 232 g/mol. The maximum Gasteiger partial charge on any atom is 0.337 e. The zero-order valence-electron chi connectivity index (χ0n) is 10.1. The fraction of sp³-hybridized carbons (Fsp3) is 0.385. The molecule has 2 N–H and O–H groups in total. The van der Waals surface area contributed by atoms with E-state index in [1.807, 2.05) is 0 Å². The second kappa shape index (κ2) is 5.53. The van der Waals surface area contributed by atoms with Crippen molar-refractivity contribution in [3.05, 3.63) is 23.8 Å². The van der Waals surface area contributed by atoms with Crippen LogP contribution >= 0.6 is 0 Å². The number of aromatic carboxylic acids is 1. The van der Waals surface area contributed by atoms with Crippen molar-refractivity contribution in [2.75, 3.05) is 23.3 Å². The number of carbonyl (C=O) groups excluding carboxylic acids is 1. The monoisotopic (exact) mass is 248 g/mol. The van der Waals surface area contributed by atoms with Gasteiger partial charge in [-0.3, -0.25) is 4.79 Å². The summed E-state index contributed by atoms with van der Waals surface area (Å²) in [6.45, 7) is 1.78. The SMILES string of the molecule is O=CNc1ccc(N2CCCCC2)c(C(=O)O)c1. The molecule has 2 rings (SSSR count). The highest BCUT2D eigenvalue weighted by Gasteiger charge is 2.18. The first-order valence-corrected chi connectivity index (χ1v) is 6.05. The summed E-state index contributed by atoms with van der Waals surface area (Å²) in [5.41, 5.74) is 1.48. The summed E-state index contributed by atoms with van der Waals surface area (Å²) in [5, 5.41) is 11.7. The number of carboxylic acid groups (broad SMARTS) is 1. The second-order valence-electron chi connectivity index (χ2n) is 4.35. The average molecular weight is 248 g/mol. The average Bonchev–Trinajstić information content (AvgIpc) is 2.40. The van der Waals surface area contributed by atoms with Crippen LogP contribution in [0, 0.1) is 0 Å². The maximum absolute atomic E-state index is 11.3. The molecule has 1 aliphatic heterocycles. The standard InChI is InChI=1S/C13H16N2O3/c16-9-14-10-4-5-12(11(8-10)13(17)18)15-6-2-1-3-7-15/h4-5,8-9H,1-3,6-7H2,(H,14,16)(H,17,18). The highest BCUT2D eigenvalue weighted by molar-refractivity contribution is 5.96. The van der Waals surface area contributed by atoms with E-state index >= 15 is 0 Å². The van der Waals surface area contributed by atoms with Crippen LogP contribution in [0.2, 0.25) is 0 Å². The Kier molecular flexibility index (Phi) is 3.82. The van der Waals surface area contributed by atoms with Crippen LogP contribution in [0.4, 0.5) is 11.4 Å². The molecule has 96 valence electrons. The molecule has 0 saturated carbocycles. The first-order valence-electron chi connectivity index (χ1n) is 6.05. The van der Waals surface area contributed by atoms with E-state index in [0.717, 1.165) is 31.6 Å². The van der Waals surface area contributed by atoms with Crippen LogP contribution in [-0.2, 0) is 4.79 Å². The second-order valence-corrected chi connectivity index (χ2v) is 4.35. The summed E-state index contributed by atoms with van der Waals surface area (Å²) in [7, 11) is 0. The Morgan fingerprint density at radius 3 is 2.61 bits per heavy atom. The van der Waals surface area contributed by atoms with Gasteiger partial charge in [-0.15, -0.1) is 0 Å². The van der Waals surface area contributed by atoms with Crippen LogP contribution in [-0.4, -0.2) is 30.6 Å². The molecule has 1 aromatic carbocycles. The molecule has 1 amide bonds. The van der Waals surface area contributed by atoms with Crippen molar-refractivity contribution in [1.29, 1.82) is 0 Å². The van der Waals surface area contributed by atoms with Gasteiger partial charge in [0.1, 0.15) is 0 Å². The maximum atomic E-state index is 11.3. The first kappa shape index (κ1) is 12.4. The van der Waals surface area contributed by atoms with Crippen molar-refractivity contribution in [1.82, 2.24) is 0 Å². The van der Waals surface area contributed by atoms with Crippen molar-refractivity contribution in [2.45, 2.75) is 19.3 Å². The summed E-state index contributed by atoms with van der Waals surface area (Å²) in [6, 6.07) is 4.99. The van der Waals surface area contributed by atoms with E-state index in [1.54, 1.807) is 12.1 Å². The molecule has 5 heteroatoms. The topological polar surface area (TPSA) is 69.6 Å². The Bertz CT molecular complexity index is 454. The molecule has 0 unspecified atom stereocenters. The molecule has 1 fully saturated rings. The van der Waals surface area contributed by atoms with Crippen molar-refractivity contribution in [3.8, 4) is 0 Å². The lowest BCUT2D eigenvalue weighted by molar-refractivity contribution is -0.105. The van der Waals surface area contributed by atoms with Crippen LogP contribution in [0.25, 0.3) is 0 Å². The minimum absolute atomic E-state index is 0.240. The Balaban J connectivity index is 2.33. The number of carbonyl (C=O) groups is 2. The van der Waals surface area contributed by atoms with Gasteiger partial charge in [0, 0.05) is 18.8 Å². The van der Waals surface area contributed by atoms with Crippen molar-refractivity contribution >= 4 is 23.8 Å². The number of anilines is 2. The van der Waals surface area contributed by atoms with Gasteiger partial charge in [-0.2, -0.15) is 0 Å². The lowest BCUT2D eigenvalue weighted by atomic mass is 10.1. The summed E-state index contributed by atoms with van der Waals surface area (Å²) >= 11 is 0. The van der Waals surface area contributed by atoms with Crippen molar-refractivity contribution in [3.63, 3.8) is 0 Å². The fourth-order valence-electron chi connectivity index (χ4n) is 2.28.